The van der Waals surface area contributed by atoms with Crippen molar-refractivity contribution in [2.75, 3.05) is 0 Å². The summed E-state index contributed by atoms with van der Waals surface area (Å²) in [4.78, 5) is 14.3. The third-order valence-electron chi connectivity index (χ3n) is 4.06. The average Bonchev–Trinajstić information content (AvgIpc) is 2.73. The van der Waals surface area contributed by atoms with Crippen LogP contribution in [0.25, 0.3) is 0 Å². The summed E-state index contributed by atoms with van der Waals surface area (Å²) in [6.07, 6.45) is 5.84. The maximum absolute atomic E-state index is 12.3. The highest BCUT2D eigenvalue weighted by molar-refractivity contribution is 6.33. The van der Waals surface area contributed by atoms with Gasteiger partial charge in [-0.3, -0.25) is 4.79 Å². The van der Waals surface area contributed by atoms with Crippen molar-refractivity contribution in [3.63, 3.8) is 0 Å². The van der Waals surface area contributed by atoms with Gasteiger partial charge in [0.25, 0.3) is 5.91 Å². The third kappa shape index (κ3) is 1.77. The van der Waals surface area contributed by atoms with Gasteiger partial charge in [0.1, 0.15) is 5.75 Å². The van der Waals surface area contributed by atoms with E-state index in [0.29, 0.717) is 23.2 Å². The number of rotatable bonds is 1. The van der Waals surface area contributed by atoms with Crippen molar-refractivity contribution in [1.82, 2.24) is 4.90 Å². The van der Waals surface area contributed by atoms with Gasteiger partial charge in [0.15, 0.2) is 0 Å². The van der Waals surface area contributed by atoms with Gasteiger partial charge in [0.05, 0.1) is 5.02 Å². The first-order valence-corrected chi connectivity index (χ1v) is 6.87. The van der Waals surface area contributed by atoms with Crippen LogP contribution in [0.1, 0.15) is 48.0 Å². The van der Waals surface area contributed by atoms with Crippen molar-refractivity contribution in [1.29, 1.82) is 0 Å². The Hall–Kier alpha value is -1.22. The zero-order chi connectivity index (χ0) is 12.7. The van der Waals surface area contributed by atoms with E-state index in [-0.39, 0.29) is 11.7 Å². The summed E-state index contributed by atoms with van der Waals surface area (Å²) >= 11 is 6.08. The number of carbonyl (C=O) groups excluding carboxylic acids is 1. The number of benzene rings is 1. The fourth-order valence-corrected chi connectivity index (χ4v) is 3.27. The summed E-state index contributed by atoms with van der Waals surface area (Å²) in [5.74, 6) is 0.132. The molecule has 1 aromatic rings. The first kappa shape index (κ1) is 11.8. The Morgan fingerprint density at radius 1 is 1.22 bits per heavy atom. The molecule has 0 radical (unpaired) electrons. The summed E-state index contributed by atoms with van der Waals surface area (Å²) in [6.45, 7) is 0.548. The van der Waals surface area contributed by atoms with Crippen molar-refractivity contribution in [3.8, 4) is 5.75 Å². The van der Waals surface area contributed by atoms with Gasteiger partial charge in [-0.05, 0) is 25.0 Å². The van der Waals surface area contributed by atoms with Gasteiger partial charge in [-0.15, -0.1) is 0 Å². The Morgan fingerprint density at radius 3 is 2.67 bits per heavy atom. The standard InChI is InChI=1S/C14H16ClNO2/c15-13-11-8-16(9-4-2-1-3-5-9)14(18)10(11)6-7-12(13)17/h6-7,9,17H,1-5,8H2. The van der Waals surface area contributed by atoms with Crippen LogP contribution in [0.15, 0.2) is 12.1 Å². The Kier molecular flexibility index (Phi) is 2.94. The molecule has 0 unspecified atom stereocenters. The molecule has 0 bridgehead atoms. The second-order valence-electron chi connectivity index (χ2n) is 5.15. The second-order valence-corrected chi connectivity index (χ2v) is 5.53. The lowest BCUT2D eigenvalue weighted by Gasteiger charge is -2.30. The molecular formula is C14H16ClNO2. The molecule has 4 heteroatoms. The highest BCUT2D eigenvalue weighted by atomic mass is 35.5. The van der Waals surface area contributed by atoms with E-state index in [1.807, 2.05) is 4.90 Å². The maximum atomic E-state index is 12.3. The van der Waals surface area contributed by atoms with E-state index in [1.54, 1.807) is 6.07 Å². The van der Waals surface area contributed by atoms with Crippen LogP contribution in [0.2, 0.25) is 5.02 Å². The second kappa shape index (κ2) is 4.47. The maximum Gasteiger partial charge on any atom is 0.254 e. The molecule has 18 heavy (non-hydrogen) atoms. The summed E-state index contributed by atoms with van der Waals surface area (Å²) in [6, 6.07) is 3.53. The molecule has 0 saturated heterocycles. The summed E-state index contributed by atoms with van der Waals surface area (Å²) in [7, 11) is 0. The number of halogens is 1. The highest BCUT2D eigenvalue weighted by Crippen LogP contribution is 2.37. The monoisotopic (exact) mass is 265 g/mol. The van der Waals surface area contributed by atoms with Crippen molar-refractivity contribution in [2.45, 2.75) is 44.7 Å². The van der Waals surface area contributed by atoms with Crippen LogP contribution < -0.4 is 0 Å². The molecule has 96 valence electrons. The van der Waals surface area contributed by atoms with Crippen LogP contribution >= 0.6 is 11.6 Å². The van der Waals surface area contributed by atoms with Gasteiger partial charge < -0.3 is 10.0 Å². The van der Waals surface area contributed by atoms with Gasteiger partial charge in [-0.2, -0.15) is 0 Å². The largest absolute Gasteiger partial charge is 0.506 e. The molecule has 0 atom stereocenters. The van der Waals surface area contributed by atoms with Crippen LogP contribution in [-0.4, -0.2) is 22.0 Å². The smallest absolute Gasteiger partial charge is 0.254 e. The Bertz CT molecular complexity index is 495. The van der Waals surface area contributed by atoms with E-state index in [1.165, 1.54) is 25.3 Å². The van der Waals surface area contributed by atoms with Crippen molar-refractivity contribution in [2.24, 2.45) is 0 Å². The van der Waals surface area contributed by atoms with Gasteiger partial charge >= 0.3 is 0 Å². The fraction of sp³-hybridized carbons (Fsp3) is 0.500. The van der Waals surface area contributed by atoms with Gasteiger partial charge in [0.2, 0.25) is 0 Å². The zero-order valence-corrected chi connectivity index (χ0v) is 10.9. The minimum Gasteiger partial charge on any atom is -0.506 e. The molecule has 1 amide bonds. The molecule has 1 aliphatic carbocycles. The number of amides is 1. The van der Waals surface area contributed by atoms with E-state index in [9.17, 15) is 9.90 Å². The molecule has 3 nitrogen and oxygen atoms in total. The predicted molar refractivity (Wildman–Crippen MR) is 69.9 cm³/mol. The number of hydrogen-bond acceptors (Lipinski definition) is 2. The van der Waals surface area contributed by atoms with Gasteiger partial charge in [-0.1, -0.05) is 30.9 Å². The Morgan fingerprint density at radius 2 is 1.94 bits per heavy atom. The molecule has 1 heterocycles. The quantitative estimate of drug-likeness (QED) is 0.846. The van der Waals surface area contributed by atoms with E-state index >= 15 is 0 Å². The van der Waals surface area contributed by atoms with E-state index in [0.717, 1.165) is 18.4 Å². The molecular weight excluding hydrogens is 250 g/mol. The lowest BCUT2D eigenvalue weighted by atomic mass is 9.94. The van der Waals surface area contributed by atoms with Crippen LogP contribution in [0.3, 0.4) is 0 Å². The number of nitrogens with zero attached hydrogens (tertiary/aromatic N) is 1. The number of aromatic hydroxyl groups is 1. The van der Waals surface area contributed by atoms with Crippen LogP contribution in [0.4, 0.5) is 0 Å². The van der Waals surface area contributed by atoms with Crippen LogP contribution in [0, 0.1) is 0 Å². The van der Waals surface area contributed by atoms with Crippen LogP contribution in [0.5, 0.6) is 5.75 Å². The van der Waals surface area contributed by atoms with Gasteiger partial charge in [0, 0.05) is 23.7 Å². The lowest BCUT2D eigenvalue weighted by Crippen LogP contribution is -2.36. The van der Waals surface area contributed by atoms with Crippen LogP contribution in [-0.2, 0) is 6.54 Å². The molecule has 1 aromatic carbocycles. The zero-order valence-electron chi connectivity index (χ0n) is 10.2. The minimum atomic E-state index is 0.0636. The molecule has 0 aromatic heterocycles. The first-order chi connectivity index (χ1) is 8.68. The normalized spacial score (nSPS) is 20.3. The Balaban J connectivity index is 1.91. The third-order valence-corrected chi connectivity index (χ3v) is 4.48. The predicted octanol–water partition coefficient (Wildman–Crippen LogP) is 3.33. The number of phenols is 1. The van der Waals surface area contributed by atoms with Gasteiger partial charge in [-0.25, -0.2) is 0 Å². The number of carbonyl (C=O) groups is 1. The lowest BCUT2D eigenvalue weighted by molar-refractivity contribution is 0.0660. The minimum absolute atomic E-state index is 0.0636. The number of fused-ring (bicyclic) bond motifs is 1. The van der Waals surface area contributed by atoms with Crippen molar-refractivity contribution < 1.29 is 9.90 Å². The molecule has 1 N–H and O–H groups in total. The molecule has 2 aliphatic rings. The van der Waals surface area contributed by atoms with E-state index < -0.39 is 0 Å². The topological polar surface area (TPSA) is 40.5 Å². The number of hydrogen-bond donors (Lipinski definition) is 1. The van der Waals surface area contributed by atoms with E-state index in [4.69, 9.17) is 11.6 Å². The summed E-state index contributed by atoms with van der Waals surface area (Å²) in [5.41, 5.74) is 1.44. The molecule has 1 fully saturated rings. The summed E-state index contributed by atoms with van der Waals surface area (Å²) < 4.78 is 0. The highest BCUT2D eigenvalue weighted by Gasteiger charge is 2.34. The SMILES string of the molecule is O=C1c2ccc(O)c(Cl)c2CN1C1CCCCC1. The summed E-state index contributed by atoms with van der Waals surface area (Å²) in [5, 5.41) is 9.94. The number of phenolic OH excluding ortho intramolecular Hbond substituents is 1. The molecule has 0 spiro atoms. The Labute approximate surface area is 111 Å². The molecule has 3 rings (SSSR count). The fourth-order valence-electron chi connectivity index (χ4n) is 3.05. The molecule has 1 saturated carbocycles. The molecule has 1 aliphatic heterocycles. The average molecular weight is 266 g/mol. The first-order valence-electron chi connectivity index (χ1n) is 6.50. The van der Waals surface area contributed by atoms with E-state index in [2.05, 4.69) is 0 Å². The van der Waals surface area contributed by atoms with Crippen molar-refractivity contribution >= 4 is 17.5 Å². The van der Waals surface area contributed by atoms with Crippen molar-refractivity contribution in [3.05, 3.63) is 28.3 Å².